The van der Waals surface area contributed by atoms with Crippen LogP contribution in [0.2, 0.25) is 0 Å². The molecule has 0 saturated carbocycles. The molecule has 0 bridgehead atoms. The number of benzene rings is 4. The van der Waals surface area contributed by atoms with Crippen LogP contribution in [0.25, 0.3) is 0 Å². The first kappa shape index (κ1) is 24.8. The van der Waals surface area contributed by atoms with E-state index in [1.54, 1.807) is 24.3 Å². The monoisotopic (exact) mass is 496 g/mol. The molecule has 0 unspecified atom stereocenters. The van der Waals surface area contributed by atoms with Gasteiger partial charge >= 0.3 is 5.97 Å². The van der Waals surface area contributed by atoms with E-state index >= 15 is 0 Å². The number of nitrogens with one attached hydrogen (secondary N) is 2. The number of carbonyl (C=O) groups is 3. The van der Waals surface area contributed by atoms with Gasteiger partial charge in [-0.1, -0.05) is 60.7 Å². The number of hydrogen-bond acceptors (Lipinski definition) is 4. The van der Waals surface area contributed by atoms with Gasteiger partial charge in [-0.3, -0.25) is 9.59 Å². The summed E-state index contributed by atoms with van der Waals surface area (Å²) in [6.07, 6.45) is 0. The molecule has 0 aliphatic carbocycles. The van der Waals surface area contributed by atoms with E-state index in [9.17, 15) is 19.5 Å². The van der Waals surface area contributed by atoms with Gasteiger partial charge < -0.3 is 15.7 Å². The van der Waals surface area contributed by atoms with Gasteiger partial charge in [-0.15, -0.1) is 11.8 Å². The van der Waals surface area contributed by atoms with Crippen LogP contribution in [0.3, 0.4) is 0 Å². The van der Waals surface area contributed by atoms with E-state index in [0.29, 0.717) is 5.69 Å². The minimum atomic E-state index is -1.16. The Kier molecular flexibility index (Phi) is 7.82. The highest BCUT2D eigenvalue weighted by Crippen LogP contribution is 2.37. The van der Waals surface area contributed by atoms with Gasteiger partial charge in [-0.25, -0.2) is 4.79 Å². The average molecular weight is 497 g/mol. The minimum absolute atomic E-state index is 0.0625. The molecule has 7 heteroatoms. The summed E-state index contributed by atoms with van der Waals surface area (Å²) in [5.41, 5.74) is 3.16. The molecule has 4 aromatic carbocycles. The highest BCUT2D eigenvalue weighted by molar-refractivity contribution is 8.00. The molecule has 0 saturated heterocycles. The molecule has 4 rings (SSSR count). The lowest BCUT2D eigenvalue weighted by Gasteiger charge is -2.18. The Balaban J connectivity index is 1.51. The summed E-state index contributed by atoms with van der Waals surface area (Å²) in [5.74, 6) is -1.81. The molecule has 0 aliphatic heterocycles. The van der Waals surface area contributed by atoms with Crippen LogP contribution >= 0.6 is 11.8 Å². The molecule has 0 fully saturated rings. The SMILES string of the molecule is Cc1ccccc1NC(=O)[C@@H](Sc1ccc(NC(=O)c2ccccc2C(=O)O)cc1)c1ccccc1. The van der Waals surface area contributed by atoms with Crippen LogP contribution in [0, 0.1) is 6.92 Å². The van der Waals surface area contributed by atoms with E-state index in [1.165, 1.54) is 23.9 Å². The van der Waals surface area contributed by atoms with Crippen molar-refractivity contribution in [2.75, 3.05) is 10.6 Å². The summed E-state index contributed by atoms with van der Waals surface area (Å²) in [4.78, 5) is 38.2. The minimum Gasteiger partial charge on any atom is -0.478 e. The van der Waals surface area contributed by atoms with Crippen molar-refractivity contribution in [2.24, 2.45) is 0 Å². The van der Waals surface area contributed by atoms with Gasteiger partial charge in [0.2, 0.25) is 5.91 Å². The van der Waals surface area contributed by atoms with Crippen LogP contribution in [0.4, 0.5) is 11.4 Å². The number of aryl methyl sites for hydroxylation is 1. The summed E-state index contributed by atoms with van der Waals surface area (Å²) >= 11 is 1.40. The number of carboxylic acid groups (broad SMARTS) is 1. The molecule has 3 N–H and O–H groups in total. The summed E-state index contributed by atoms with van der Waals surface area (Å²) in [5, 5.41) is 14.6. The largest absolute Gasteiger partial charge is 0.478 e. The van der Waals surface area contributed by atoms with Crippen LogP contribution < -0.4 is 10.6 Å². The van der Waals surface area contributed by atoms with E-state index in [1.807, 2.05) is 73.7 Å². The summed E-state index contributed by atoms with van der Waals surface area (Å²) in [6, 6.07) is 30.3. The lowest BCUT2D eigenvalue weighted by molar-refractivity contribution is -0.115. The van der Waals surface area contributed by atoms with Crippen LogP contribution in [0.5, 0.6) is 0 Å². The zero-order chi connectivity index (χ0) is 25.5. The van der Waals surface area contributed by atoms with Gasteiger partial charge in [-0.2, -0.15) is 0 Å². The first-order chi connectivity index (χ1) is 17.4. The lowest BCUT2D eigenvalue weighted by Crippen LogP contribution is -2.19. The maximum atomic E-state index is 13.3. The zero-order valence-electron chi connectivity index (χ0n) is 19.5. The molecule has 0 aromatic heterocycles. The Morgan fingerprint density at radius 2 is 1.33 bits per heavy atom. The van der Waals surface area contributed by atoms with Gasteiger partial charge in [-0.05, 0) is 60.5 Å². The molecule has 1 atom stereocenters. The first-order valence-electron chi connectivity index (χ1n) is 11.2. The Hall–Kier alpha value is -4.36. The van der Waals surface area contributed by atoms with Crippen molar-refractivity contribution in [1.29, 1.82) is 0 Å². The van der Waals surface area contributed by atoms with Crippen molar-refractivity contribution in [3.63, 3.8) is 0 Å². The predicted molar refractivity (Wildman–Crippen MR) is 143 cm³/mol. The van der Waals surface area contributed by atoms with Crippen LogP contribution in [0.1, 0.15) is 37.1 Å². The molecule has 6 nitrogen and oxygen atoms in total. The van der Waals surface area contributed by atoms with Gasteiger partial charge in [0, 0.05) is 16.3 Å². The lowest BCUT2D eigenvalue weighted by atomic mass is 10.1. The van der Waals surface area contributed by atoms with Crippen LogP contribution in [-0.2, 0) is 4.79 Å². The van der Waals surface area contributed by atoms with Gasteiger partial charge in [0.1, 0.15) is 5.25 Å². The number of thioether (sulfide) groups is 1. The third kappa shape index (κ3) is 6.00. The van der Waals surface area contributed by atoms with Gasteiger partial charge in [0.05, 0.1) is 11.1 Å². The fraction of sp³-hybridized carbons (Fsp3) is 0.0690. The first-order valence-corrected chi connectivity index (χ1v) is 12.1. The predicted octanol–water partition coefficient (Wildman–Crippen LogP) is 6.42. The van der Waals surface area contributed by atoms with Crippen molar-refractivity contribution in [2.45, 2.75) is 17.1 Å². The number of aromatic carboxylic acids is 1. The van der Waals surface area contributed by atoms with Gasteiger partial charge in [0.25, 0.3) is 5.91 Å². The number of anilines is 2. The second kappa shape index (κ2) is 11.4. The smallest absolute Gasteiger partial charge is 0.336 e. The highest BCUT2D eigenvalue weighted by atomic mass is 32.2. The second-order valence-corrected chi connectivity index (χ2v) is 9.22. The normalized spacial score (nSPS) is 11.4. The zero-order valence-corrected chi connectivity index (χ0v) is 20.3. The average Bonchev–Trinajstić information content (AvgIpc) is 2.90. The molecule has 4 aromatic rings. The molecule has 0 aliphatic rings. The Morgan fingerprint density at radius 1 is 0.722 bits per heavy atom. The van der Waals surface area contributed by atoms with E-state index in [-0.39, 0.29) is 17.0 Å². The Bertz CT molecular complexity index is 1390. The Morgan fingerprint density at radius 3 is 2.00 bits per heavy atom. The molecular formula is C29H24N2O4S. The van der Waals surface area contributed by atoms with Crippen molar-refractivity contribution in [3.8, 4) is 0 Å². The van der Waals surface area contributed by atoms with Gasteiger partial charge in [0.15, 0.2) is 0 Å². The van der Waals surface area contributed by atoms with Crippen molar-refractivity contribution in [1.82, 2.24) is 0 Å². The number of carboxylic acids is 1. The topological polar surface area (TPSA) is 95.5 Å². The van der Waals surface area contributed by atoms with E-state index in [2.05, 4.69) is 10.6 Å². The van der Waals surface area contributed by atoms with Crippen molar-refractivity contribution < 1.29 is 19.5 Å². The molecule has 2 amide bonds. The molecule has 0 spiro atoms. The second-order valence-electron chi connectivity index (χ2n) is 8.04. The molecular weight excluding hydrogens is 472 g/mol. The number of amides is 2. The quantitative estimate of drug-likeness (QED) is 0.245. The number of hydrogen-bond donors (Lipinski definition) is 3. The maximum absolute atomic E-state index is 13.3. The van der Waals surface area contributed by atoms with E-state index < -0.39 is 17.1 Å². The van der Waals surface area contributed by atoms with Crippen molar-refractivity contribution >= 4 is 40.9 Å². The molecule has 180 valence electrons. The third-order valence-electron chi connectivity index (χ3n) is 5.51. The fourth-order valence-corrected chi connectivity index (χ4v) is 4.66. The highest BCUT2D eigenvalue weighted by Gasteiger charge is 2.23. The van der Waals surface area contributed by atoms with Crippen molar-refractivity contribution in [3.05, 3.63) is 125 Å². The van der Waals surface area contributed by atoms with E-state index in [4.69, 9.17) is 0 Å². The Labute approximate surface area is 213 Å². The summed E-state index contributed by atoms with van der Waals surface area (Å²) in [7, 11) is 0. The number of carbonyl (C=O) groups excluding carboxylic acids is 2. The molecule has 0 heterocycles. The maximum Gasteiger partial charge on any atom is 0.336 e. The molecule has 0 radical (unpaired) electrons. The summed E-state index contributed by atoms with van der Waals surface area (Å²) < 4.78 is 0. The number of rotatable bonds is 8. The van der Waals surface area contributed by atoms with Crippen LogP contribution in [0.15, 0.2) is 108 Å². The molecule has 36 heavy (non-hydrogen) atoms. The standard InChI is InChI=1S/C29H24N2O4S/c1-19-9-5-8-14-25(19)31-28(33)26(20-10-3-2-4-11-20)36-22-17-15-21(16-18-22)30-27(32)23-12-6-7-13-24(23)29(34)35/h2-18,26H,1H3,(H,30,32)(H,31,33)(H,34,35)/t26-/m0/s1. The van der Waals surface area contributed by atoms with Crippen LogP contribution in [-0.4, -0.2) is 22.9 Å². The fourth-order valence-electron chi connectivity index (χ4n) is 3.63. The van der Waals surface area contributed by atoms with E-state index in [0.717, 1.165) is 21.7 Å². The number of para-hydroxylation sites is 1. The third-order valence-corrected chi connectivity index (χ3v) is 6.78. The summed E-state index contributed by atoms with van der Waals surface area (Å²) in [6.45, 7) is 1.95.